The minimum absolute atomic E-state index is 0. The predicted molar refractivity (Wildman–Crippen MR) is 159 cm³/mol. The van der Waals surface area contributed by atoms with Crippen LogP contribution in [0.25, 0.3) is 0 Å². The summed E-state index contributed by atoms with van der Waals surface area (Å²) >= 11 is 0. The van der Waals surface area contributed by atoms with Crippen LogP contribution in [-0.4, -0.2) is 42.3 Å². The molecule has 1 aliphatic heterocycles. The number of rotatable bonds is 6. The van der Waals surface area contributed by atoms with Crippen LogP contribution in [0.15, 0.2) is 67.0 Å². The Morgan fingerprint density at radius 1 is 0.895 bits per heavy atom. The normalized spacial score (nSPS) is 13.0. The quantitative estimate of drug-likeness (QED) is 0.393. The third kappa shape index (κ3) is 7.94. The van der Waals surface area contributed by atoms with Gasteiger partial charge < -0.3 is 14.9 Å². The molecule has 0 radical (unpaired) electrons. The molecule has 3 aromatic rings. The second-order valence-corrected chi connectivity index (χ2v) is 10.6. The largest absolute Gasteiger partial charge is 2.00 e. The number of carbonyl (C=O) groups is 1. The van der Waals surface area contributed by atoms with Gasteiger partial charge in [-0.1, -0.05) is 86.7 Å². The molecular formula is C32H41BN2O2Pt+2. The summed E-state index contributed by atoms with van der Waals surface area (Å²) in [4.78, 5) is 14.6. The number of anilines is 1. The molecule has 38 heavy (non-hydrogen) atoms. The van der Waals surface area contributed by atoms with Gasteiger partial charge in [0.1, 0.15) is 5.78 Å². The van der Waals surface area contributed by atoms with Crippen LogP contribution in [0.1, 0.15) is 48.1 Å². The standard InChI is InChI=1S/C27H31BN2.C5H10O2.Pt/c1-19-15-22(4)27(23(5)16-19)28(26-20(2)9-7-10-21(26)3)24-11-8-12-25(17-24)30-14-13-29(6)18-30;1-4(6)3-5(2)7;/h7-17H,18H2,1-6H3;4,6H,3H2,1-2H3;/q;;+2. The minimum atomic E-state index is -0.475. The molecule has 0 aromatic heterocycles. The van der Waals surface area contributed by atoms with Gasteiger partial charge in [0.05, 0.1) is 12.8 Å². The second kappa shape index (κ2) is 14.0. The van der Waals surface area contributed by atoms with E-state index < -0.39 is 6.10 Å². The van der Waals surface area contributed by atoms with Crippen molar-refractivity contribution in [1.82, 2.24) is 4.90 Å². The summed E-state index contributed by atoms with van der Waals surface area (Å²) < 4.78 is 0. The minimum Gasteiger partial charge on any atom is -0.393 e. The first-order valence-electron chi connectivity index (χ1n) is 13.0. The van der Waals surface area contributed by atoms with E-state index in [4.69, 9.17) is 5.11 Å². The molecule has 0 bridgehead atoms. The first-order valence-corrected chi connectivity index (χ1v) is 13.0. The van der Waals surface area contributed by atoms with E-state index in [2.05, 4.69) is 118 Å². The van der Waals surface area contributed by atoms with Crippen molar-refractivity contribution in [3.8, 4) is 0 Å². The van der Waals surface area contributed by atoms with Gasteiger partial charge in [0.15, 0.2) is 0 Å². The first-order chi connectivity index (χ1) is 17.5. The van der Waals surface area contributed by atoms with Gasteiger partial charge in [-0.2, -0.15) is 0 Å². The van der Waals surface area contributed by atoms with Gasteiger partial charge in [-0.15, -0.1) is 0 Å². The molecule has 6 heteroatoms. The summed E-state index contributed by atoms with van der Waals surface area (Å²) in [5.41, 5.74) is 12.2. The van der Waals surface area contributed by atoms with Gasteiger partial charge in [0, 0.05) is 31.6 Å². The van der Waals surface area contributed by atoms with Crippen molar-refractivity contribution in [2.75, 3.05) is 18.6 Å². The van der Waals surface area contributed by atoms with Gasteiger partial charge in [0.2, 0.25) is 6.71 Å². The van der Waals surface area contributed by atoms with Crippen molar-refractivity contribution in [3.63, 3.8) is 0 Å². The number of aliphatic hydroxyl groups is 1. The molecular weight excluding hydrogens is 650 g/mol. The third-order valence-electron chi connectivity index (χ3n) is 6.85. The number of Topliss-reactive ketones (excluding diaryl/α,β-unsaturated/α-hetero) is 1. The second-order valence-electron chi connectivity index (χ2n) is 10.6. The fourth-order valence-corrected chi connectivity index (χ4v) is 5.40. The molecule has 0 spiro atoms. The number of aryl methyl sites for hydroxylation is 5. The fraction of sp³-hybridized carbons (Fsp3) is 0.344. The molecule has 1 heterocycles. The molecule has 0 aliphatic carbocycles. The maximum absolute atomic E-state index is 10.1. The smallest absolute Gasteiger partial charge is 0.393 e. The Morgan fingerprint density at radius 2 is 1.45 bits per heavy atom. The zero-order valence-corrected chi connectivity index (χ0v) is 26.3. The molecule has 1 unspecified atom stereocenters. The van der Waals surface area contributed by atoms with E-state index >= 15 is 0 Å². The Morgan fingerprint density at radius 3 is 1.92 bits per heavy atom. The Hall–Kier alpha value is -2.62. The van der Waals surface area contributed by atoms with Crippen molar-refractivity contribution >= 4 is 34.6 Å². The van der Waals surface area contributed by atoms with Gasteiger partial charge in [-0.05, 0) is 60.6 Å². The molecule has 4 nitrogen and oxygen atoms in total. The van der Waals surface area contributed by atoms with Gasteiger partial charge >= 0.3 is 21.1 Å². The van der Waals surface area contributed by atoms with E-state index in [0.29, 0.717) is 0 Å². The van der Waals surface area contributed by atoms with Crippen LogP contribution < -0.4 is 21.3 Å². The van der Waals surface area contributed by atoms with Crippen LogP contribution in [0.2, 0.25) is 0 Å². The van der Waals surface area contributed by atoms with Crippen molar-refractivity contribution in [3.05, 3.63) is 94.8 Å². The molecule has 4 rings (SSSR count). The molecule has 3 aromatic carbocycles. The fourth-order valence-electron chi connectivity index (χ4n) is 5.40. The number of hydrogen-bond donors (Lipinski definition) is 1. The van der Waals surface area contributed by atoms with Crippen LogP contribution in [0.3, 0.4) is 0 Å². The van der Waals surface area contributed by atoms with Crippen molar-refractivity contribution in [2.45, 2.75) is 61.0 Å². The summed E-state index contributed by atoms with van der Waals surface area (Å²) in [5, 5.41) is 8.50. The molecule has 202 valence electrons. The topological polar surface area (TPSA) is 43.8 Å². The molecule has 0 saturated carbocycles. The zero-order chi connectivity index (χ0) is 27.3. The average Bonchev–Trinajstić information content (AvgIpc) is 3.23. The number of aliphatic hydroxyl groups excluding tert-OH is 1. The number of hydrogen-bond acceptors (Lipinski definition) is 4. The summed E-state index contributed by atoms with van der Waals surface area (Å²) in [7, 11) is 2.11. The number of benzene rings is 3. The molecule has 0 amide bonds. The van der Waals surface area contributed by atoms with Gasteiger partial charge in [-0.25, -0.2) is 0 Å². The number of ketones is 1. The summed E-state index contributed by atoms with van der Waals surface area (Å²) in [5.74, 6) is 0.0370. The van der Waals surface area contributed by atoms with E-state index in [-0.39, 0.29) is 40.0 Å². The molecule has 1 aliphatic rings. The summed E-state index contributed by atoms with van der Waals surface area (Å²) in [6.07, 6.45) is 4.09. The zero-order valence-electron chi connectivity index (χ0n) is 24.0. The molecule has 0 fully saturated rings. The van der Waals surface area contributed by atoms with Gasteiger partial charge in [-0.3, -0.25) is 4.79 Å². The van der Waals surface area contributed by atoms with Crippen LogP contribution >= 0.6 is 0 Å². The number of carbonyl (C=O) groups excluding carboxylic acids is 1. The Balaban J connectivity index is 0.000000561. The van der Waals surface area contributed by atoms with E-state index in [9.17, 15) is 4.79 Å². The van der Waals surface area contributed by atoms with E-state index in [1.54, 1.807) is 6.92 Å². The molecule has 0 saturated heterocycles. The van der Waals surface area contributed by atoms with Gasteiger partial charge in [0.25, 0.3) is 0 Å². The van der Waals surface area contributed by atoms with E-state index in [1.807, 2.05) is 0 Å². The SMILES string of the molecule is CC(=O)CC(C)O.Cc1cc(C)c(B(c2cccc(N3C=CN(C)C3)c2)c2c(C)cccc2C)c(C)c1.[Pt+2]. The Kier molecular flexibility index (Phi) is 11.6. The Bertz CT molecular complexity index is 1240. The summed E-state index contributed by atoms with van der Waals surface area (Å²) in [6.45, 7) is 15.4. The molecule has 1 N–H and O–H groups in total. The van der Waals surface area contributed by atoms with Crippen LogP contribution in [0.5, 0.6) is 0 Å². The Labute approximate surface area is 244 Å². The monoisotopic (exact) mass is 691 g/mol. The van der Waals surface area contributed by atoms with Crippen LogP contribution in [-0.2, 0) is 25.9 Å². The maximum atomic E-state index is 10.1. The van der Waals surface area contributed by atoms with Crippen LogP contribution in [0, 0.1) is 34.6 Å². The summed E-state index contributed by atoms with van der Waals surface area (Å²) in [6, 6.07) is 20.4. The number of nitrogens with zero attached hydrogens (tertiary/aromatic N) is 2. The maximum Gasteiger partial charge on any atom is 2.00 e. The van der Waals surface area contributed by atoms with Crippen molar-refractivity contribution in [1.29, 1.82) is 0 Å². The van der Waals surface area contributed by atoms with Crippen LogP contribution in [0.4, 0.5) is 5.69 Å². The van der Waals surface area contributed by atoms with Crippen molar-refractivity contribution < 1.29 is 31.0 Å². The van der Waals surface area contributed by atoms with Crippen molar-refractivity contribution in [2.24, 2.45) is 0 Å². The van der Waals surface area contributed by atoms with E-state index in [1.165, 1.54) is 56.8 Å². The third-order valence-corrected chi connectivity index (χ3v) is 6.85. The van der Waals surface area contributed by atoms with E-state index in [0.717, 1.165) is 6.67 Å². The first kappa shape index (κ1) is 31.6. The average molecular weight is 692 g/mol. The molecule has 1 atom stereocenters. The predicted octanol–water partition coefficient (Wildman–Crippen LogP) is 4.27.